The van der Waals surface area contributed by atoms with Crippen LogP contribution in [-0.2, 0) is 33.3 Å². The van der Waals surface area contributed by atoms with Gasteiger partial charge in [-0.2, -0.15) is 0 Å². The van der Waals surface area contributed by atoms with Gasteiger partial charge >= 0.3 is 0 Å². The molecule has 0 bridgehead atoms. The van der Waals surface area contributed by atoms with Crippen molar-refractivity contribution >= 4 is 41.2 Å². The predicted octanol–water partition coefficient (Wildman–Crippen LogP) is 5.12. The number of carbonyl (C=O) groups excluding carboxylic acids is 3. The topological polar surface area (TPSA) is 306 Å². The summed E-state index contributed by atoms with van der Waals surface area (Å²) in [4.78, 5) is 41.0. The monoisotopic (exact) mass is 1430 g/mol. The Kier molecular flexibility index (Phi) is 48.0. The Balaban J connectivity index is 1.66. The second kappa shape index (κ2) is 54.8. The van der Waals surface area contributed by atoms with Gasteiger partial charge in [-0.3, -0.25) is 19.3 Å². The lowest BCUT2D eigenvalue weighted by Gasteiger charge is -2.41. The van der Waals surface area contributed by atoms with Gasteiger partial charge in [0.1, 0.15) is 42.7 Å². The van der Waals surface area contributed by atoms with Crippen molar-refractivity contribution in [2.75, 3.05) is 31.8 Å². The Morgan fingerprint density at radius 3 is 1.10 bits per heavy atom. The van der Waals surface area contributed by atoms with Crippen LogP contribution < -0.4 is 5.32 Å². The minimum Gasteiger partial charge on any atom is -0.390 e. The number of hydrogen-bond acceptors (Lipinski definition) is 19. The first-order valence-electron chi connectivity index (χ1n) is 35.3. The van der Waals surface area contributed by atoms with Crippen molar-refractivity contribution in [3.8, 4) is 142 Å². The van der Waals surface area contributed by atoms with Crippen LogP contribution in [-0.4, -0.2) is 197 Å². The van der Waals surface area contributed by atoms with E-state index in [1.54, 1.807) is 13.8 Å². The number of aliphatic hydroxyl groups is 10. The lowest BCUT2D eigenvalue weighted by molar-refractivity contribution is -0.295. The molecule has 3 aliphatic rings. The lowest BCUT2D eigenvalue weighted by atomic mass is 9.96. The molecule has 19 nitrogen and oxygen atoms in total. The maximum absolute atomic E-state index is 13.6. The van der Waals surface area contributed by atoms with E-state index in [2.05, 4.69) is 161 Å². The third-order valence-electron chi connectivity index (χ3n) is 16.7. The van der Waals surface area contributed by atoms with Crippen LogP contribution in [0.2, 0.25) is 0 Å². The molecule has 16 atom stereocenters. The summed E-state index contributed by atoms with van der Waals surface area (Å²) in [5.74, 6) is 55.9. The molecule has 0 spiro atoms. The fourth-order valence-corrected chi connectivity index (χ4v) is 13.2. The number of unbranched alkanes of at least 4 members (excludes halogenated alkanes) is 22. The number of nitrogens with zero attached hydrogens (tertiary/aromatic N) is 1. The van der Waals surface area contributed by atoms with E-state index in [1.807, 2.05) is 0 Å². The summed E-state index contributed by atoms with van der Waals surface area (Å²) in [5.41, 5.74) is 0. The van der Waals surface area contributed by atoms with Crippen molar-refractivity contribution in [1.29, 1.82) is 0 Å². The number of likely N-dealkylation sites (N-methyl/N-ethyl adjacent to an activating group) is 1. The van der Waals surface area contributed by atoms with E-state index in [0.29, 0.717) is 12.8 Å². The Morgan fingerprint density at radius 1 is 0.446 bits per heavy atom. The molecule has 546 valence electrons. The molecular weight excluding hydrogens is 1330 g/mol. The number of aliphatic hydroxyl groups excluding tert-OH is 10. The summed E-state index contributed by atoms with van der Waals surface area (Å²) in [6.07, 6.45) is 5.78. The summed E-state index contributed by atoms with van der Waals surface area (Å²) in [5, 5.41) is 113. The third kappa shape index (κ3) is 36.3. The molecule has 101 heavy (non-hydrogen) atoms. The van der Waals surface area contributed by atoms with Gasteiger partial charge in [-0.15, -0.1) is 23.5 Å². The smallest absolute Gasteiger partial charge is 0.297 e. The van der Waals surface area contributed by atoms with Gasteiger partial charge in [0.25, 0.3) is 17.7 Å². The highest BCUT2D eigenvalue weighted by atomic mass is 32.2. The Morgan fingerprint density at radius 2 is 0.752 bits per heavy atom. The molecule has 3 heterocycles. The number of thioether (sulfide) groups is 2. The molecule has 2 fully saturated rings. The number of rotatable bonds is 43. The molecule has 0 aliphatic carbocycles. The van der Waals surface area contributed by atoms with Crippen LogP contribution in [0.4, 0.5) is 0 Å². The van der Waals surface area contributed by atoms with Crippen molar-refractivity contribution in [1.82, 2.24) is 10.2 Å². The Bertz CT molecular complexity index is 3420. The van der Waals surface area contributed by atoms with E-state index in [4.69, 9.17) is 18.9 Å². The minimum atomic E-state index is -1.89. The number of carbonyl (C=O) groups is 3. The van der Waals surface area contributed by atoms with Gasteiger partial charge in [0, 0.05) is 65.9 Å². The lowest BCUT2D eigenvalue weighted by Crippen LogP contribution is -2.60. The third-order valence-corrected chi connectivity index (χ3v) is 19.2. The first kappa shape index (κ1) is 88.4. The zero-order valence-electron chi connectivity index (χ0n) is 59.0. The van der Waals surface area contributed by atoms with Crippen molar-refractivity contribution in [2.45, 2.75) is 287 Å². The number of imide groups is 1. The van der Waals surface area contributed by atoms with Gasteiger partial charge in [0.15, 0.2) is 12.6 Å². The number of nitrogens with one attached hydrogen (secondary N) is 1. The number of ether oxygens (including phenoxy) is 4. The second-order valence-corrected chi connectivity index (χ2v) is 26.9. The average Bonchev–Trinajstić information content (AvgIpc) is 1.72. The molecule has 0 aromatic rings. The van der Waals surface area contributed by atoms with E-state index in [-0.39, 0.29) is 34.3 Å². The number of hydrogen-bond donors (Lipinski definition) is 11. The normalized spacial score (nSPS) is 21.9. The van der Waals surface area contributed by atoms with Crippen molar-refractivity contribution < 1.29 is 84.4 Å². The largest absolute Gasteiger partial charge is 0.390 e. The fourth-order valence-electron chi connectivity index (χ4n) is 10.7. The van der Waals surface area contributed by atoms with Crippen LogP contribution in [0.5, 0.6) is 0 Å². The summed E-state index contributed by atoms with van der Waals surface area (Å²) in [6, 6.07) is -1.39. The zero-order chi connectivity index (χ0) is 73.8. The van der Waals surface area contributed by atoms with E-state index in [0.717, 1.165) is 86.2 Å². The summed E-state index contributed by atoms with van der Waals surface area (Å²) < 4.78 is 23.6. The summed E-state index contributed by atoms with van der Waals surface area (Å²) >= 11 is 1.59. The molecule has 2 saturated heterocycles. The Labute approximate surface area is 608 Å². The van der Waals surface area contributed by atoms with Crippen LogP contribution in [0, 0.1) is 148 Å². The highest BCUT2D eigenvalue weighted by molar-refractivity contribution is 8.08. The van der Waals surface area contributed by atoms with E-state index in [9.17, 15) is 65.4 Å². The van der Waals surface area contributed by atoms with Gasteiger partial charge < -0.3 is 75.3 Å². The molecule has 3 rings (SSSR count). The minimum absolute atomic E-state index is 0.0947. The van der Waals surface area contributed by atoms with Crippen LogP contribution in [0.1, 0.15) is 195 Å². The van der Waals surface area contributed by atoms with Crippen LogP contribution >= 0.6 is 23.5 Å². The molecule has 0 aromatic carbocycles. The standard InChI is InChI=1S/C80H102N2O17S2/c1-6-9-12-15-18-21-24-27-28-29-30-31-32-33-34-35-36-37-40-43-46-49-52-55-66(85)81-61(68(87)63(84)54-51-48-45-42-39-26-23-20-17-14-11-8-3)57-97-80-74(93)72(91)70(89)65(99-80)59-101-76-75(77(94)82(5)78(76)95)100-58-64-69(88)71(90)73(92)79(98-64)96-56-60(4)67(86)62(83)53-50-47-44-41-38-25-22-19-16-13-10-7-2/h60-65,67-74,79-80,83-84,86-93H,7-8,10-11,13-14,16-17,19-20,22-23,25-26,38-39,41-42,44-45,47-48,50-51,53-54,56-59H2,1-5H3,(H,81,85)/t60-,61-,62+,63+,64?,65?,67-,68-,69-,70-,71-,72-,73?,74?,79-,80-/m0/s1. The maximum atomic E-state index is 13.6. The van der Waals surface area contributed by atoms with Gasteiger partial charge in [-0.25, -0.2) is 0 Å². The van der Waals surface area contributed by atoms with Crippen LogP contribution in [0.25, 0.3) is 0 Å². The molecular formula is C80H102N2O17S2. The molecule has 3 amide bonds. The Hall–Kier alpha value is -6.79. The highest BCUT2D eigenvalue weighted by Crippen LogP contribution is 2.39. The molecule has 3 aliphatic heterocycles. The maximum Gasteiger partial charge on any atom is 0.297 e. The van der Waals surface area contributed by atoms with Gasteiger partial charge in [0.2, 0.25) is 0 Å². The fraction of sp³-hybridized carbons (Fsp3) is 0.637. The van der Waals surface area contributed by atoms with Gasteiger partial charge in [0.05, 0.1) is 59.6 Å². The average molecular weight is 1430 g/mol. The van der Waals surface area contributed by atoms with Crippen LogP contribution in [0.3, 0.4) is 0 Å². The molecule has 0 saturated carbocycles. The van der Waals surface area contributed by atoms with Gasteiger partial charge in [-0.05, 0) is 114 Å². The first-order chi connectivity index (χ1) is 48.9. The highest BCUT2D eigenvalue weighted by Gasteiger charge is 2.48. The van der Waals surface area contributed by atoms with E-state index >= 15 is 0 Å². The van der Waals surface area contributed by atoms with Crippen molar-refractivity contribution in [3.63, 3.8) is 0 Å². The molecule has 0 aromatic heterocycles. The number of amides is 3. The van der Waals surface area contributed by atoms with Crippen molar-refractivity contribution in [2.24, 2.45) is 5.92 Å². The molecule has 11 N–H and O–H groups in total. The first-order valence-corrected chi connectivity index (χ1v) is 37.3. The quantitative estimate of drug-likeness (QED) is 0.0214. The van der Waals surface area contributed by atoms with Gasteiger partial charge in [-0.1, -0.05) is 181 Å². The van der Waals surface area contributed by atoms with E-state index < -0.39 is 122 Å². The van der Waals surface area contributed by atoms with Crippen molar-refractivity contribution in [3.05, 3.63) is 9.81 Å². The molecule has 21 heteroatoms. The summed E-state index contributed by atoms with van der Waals surface area (Å²) in [6.45, 7) is 6.92. The SMILES string of the molecule is CC#CC#CC#CC#CC#CC#CC#CC#CC#CC#CC#CC#CC(=O)N[C@@H](CO[C@H]1OC(CSC2=C(SCC3O[C@H](OC[C@H](C)[C@H](O)[C@H](O)CCCCCCCCCCCCCC)C(O)[C@@H](O)[C@H]3O)C(=O)N(C)C2=O)[C@H](O)[C@H](O)C1O)[C@H](O)[C@H](O)CCCCCCCCCCCCCC. The molecule has 4 unspecified atom stereocenters. The zero-order valence-corrected chi connectivity index (χ0v) is 60.7. The predicted molar refractivity (Wildman–Crippen MR) is 390 cm³/mol. The van der Waals surface area contributed by atoms with Crippen LogP contribution in [0.15, 0.2) is 9.81 Å². The molecule has 0 radical (unpaired) electrons. The second-order valence-electron chi connectivity index (χ2n) is 24.8. The summed E-state index contributed by atoms with van der Waals surface area (Å²) in [7, 11) is 1.25. The van der Waals surface area contributed by atoms with E-state index in [1.165, 1.54) is 96.9 Å².